The molecule has 3 aromatic rings. The number of rotatable bonds is 12. The van der Waals surface area contributed by atoms with Crippen molar-refractivity contribution in [2.75, 3.05) is 10.8 Å². The smallest absolute Gasteiger partial charge is 0.264 e. The zero-order valence-corrected chi connectivity index (χ0v) is 26.1. The van der Waals surface area contributed by atoms with E-state index in [1.54, 1.807) is 43.3 Å². The van der Waals surface area contributed by atoms with Crippen molar-refractivity contribution in [1.29, 1.82) is 0 Å². The van der Waals surface area contributed by atoms with Gasteiger partial charge in [-0.15, -0.1) is 0 Å². The highest BCUT2D eigenvalue weighted by atomic mass is 79.9. The third kappa shape index (κ3) is 7.73. The van der Waals surface area contributed by atoms with Crippen LogP contribution in [0, 0.1) is 6.92 Å². The number of hydrogen-bond donors (Lipinski definition) is 1. The Balaban J connectivity index is 2.06. The van der Waals surface area contributed by atoms with E-state index in [4.69, 9.17) is 0 Å². The van der Waals surface area contributed by atoms with Crippen LogP contribution in [-0.4, -0.2) is 43.8 Å². The topological polar surface area (TPSA) is 86.8 Å². The summed E-state index contributed by atoms with van der Waals surface area (Å²) < 4.78 is 30.1. The van der Waals surface area contributed by atoms with Gasteiger partial charge in [0.05, 0.1) is 10.6 Å². The number of nitrogens with zero attached hydrogens (tertiary/aromatic N) is 2. The maximum absolute atomic E-state index is 14.1. The van der Waals surface area contributed by atoms with E-state index in [2.05, 4.69) is 21.2 Å². The average molecular weight is 629 g/mol. The molecule has 0 bridgehead atoms. The normalized spacial score (nSPS) is 12.8. The Kier molecular flexibility index (Phi) is 10.9. The van der Waals surface area contributed by atoms with Gasteiger partial charge in [0.25, 0.3) is 10.0 Å². The van der Waals surface area contributed by atoms with Crippen molar-refractivity contribution in [3.05, 3.63) is 94.0 Å². The second kappa shape index (κ2) is 13.9. The first kappa shape index (κ1) is 31.4. The quantitative estimate of drug-likeness (QED) is 0.273. The predicted octanol–water partition coefficient (Wildman–Crippen LogP) is 5.85. The molecule has 0 fully saturated rings. The Morgan fingerprint density at radius 3 is 2.15 bits per heavy atom. The second-order valence-electron chi connectivity index (χ2n) is 9.95. The first-order chi connectivity index (χ1) is 19.0. The number of sulfonamides is 1. The van der Waals surface area contributed by atoms with E-state index >= 15 is 0 Å². The maximum Gasteiger partial charge on any atom is 0.264 e. The maximum atomic E-state index is 14.1. The summed E-state index contributed by atoms with van der Waals surface area (Å²) in [5.41, 5.74) is 2.99. The molecule has 3 rings (SSSR count). The minimum absolute atomic E-state index is 0.0607. The van der Waals surface area contributed by atoms with Crippen LogP contribution in [0.25, 0.3) is 0 Å². The third-order valence-electron chi connectivity index (χ3n) is 6.96. The molecular weight excluding hydrogens is 590 g/mol. The van der Waals surface area contributed by atoms with Gasteiger partial charge in [0.2, 0.25) is 11.8 Å². The molecule has 2 amide bonds. The molecular formula is C31H38BrN3O4S. The molecule has 214 valence electrons. The molecule has 0 radical (unpaired) electrons. The number of carbonyl (C=O) groups is 2. The number of amides is 2. The molecule has 0 spiro atoms. The lowest BCUT2D eigenvalue weighted by Crippen LogP contribution is -2.52. The van der Waals surface area contributed by atoms with Gasteiger partial charge in [0.15, 0.2) is 0 Å². The molecule has 40 heavy (non-hydrogen) atoms. The largest absolute Gasteiger partial charge is 0.352 e. The van der Waals surface area contributed by atoms with Crippen LogP contribution in [0.3, 0.4) is 0 Å². The second-order valence-corrected chi connectivity index (χ2v) is 12.7. The van der Waals surface area contributed by atoms with Crippen LogP contribution < -0.4 is 9.62 Å². The van der Waals surface area contributed by atoms with Gasteiger partial charge in [0.1, 0.15) is 12.6 Å². The summed E-state index contributed by atoms with van der Waals surface area (Å²) >= 11 is 3.43. The molecule has 0 unspecified atom stereocenters. The van der Waals surface area contributed by atoms with Crippen molar-refractivity contribution in [2.45, 2.75) is 71.0 Å². The average Bonchev–Trinajstić information content (AvgIpc) is 2.95. The van der Waals surface area contributed by atoms with Gasteiger partial charge in [-0.05, 0) is 75.1 Å². The fourth-order valence-electron chi connectivity index (χ4n) is 4.24. The lowest BCUT2D eigenvalue weighted by molar-refractivity contribution is -0.139. The molecule has 0 aliphatic carbocycles. The number of para-hydroxylation sites is 1. The molecule has 9 heteroatoms. The lowest BCUT2D eigenvalue weighted by atomic mass is 10.1. The van der Waals surface area contributed by atoms with Crippen molar-refractivity contribution in [3.63, 3.8) is 0 Å². The molecule has 3 aromatic carbocycles. The molecule has 0 saturated carbocycles. The lowest BCUT2D eigenvalue weighted by Gasteiger charge is -2.33. The Labute approximate surface area is 246 Å². The molecule has 0 aromatic heterocycles. The van der Waals surface area contributed by atoms with Crippen LogP contribution in [0.2, 0.25) is 0 Å². The zero-order chi connectivity index (χ0) is 29.4. The summed E-state index contributed by atoms with van der Waals surface area (Å²) in [4.78, 5) is 28.8. The monoisotopic (exact) mass is 627 g/mol. The first-order valence-electron chi connectivity index (χ1n) is 13.5. The first-order valence-corrected chi connectivity index (χ1v) is 15.7. The molecule has 0 heterocycles. The summed E-state index contributed by atoms with van der Waals surface area (Å²) in [5.74, 6) is -0.766. The zero-order valence-electron chi connectivity index (χ0n) is 23.7. The fraction of sp³-hybridized carbons (Fsp3) is 0.355. The van der Waals surface area contributed by atoms with Gasteiger partial charge in [0, 0.05) is 17.1 Å². The van der Waals surface area contributed by atoms with E-state index in [9.17, 15) is 18.0 Å². The standard InChI is InChI=1S/C31H38BrN3O4S/c1-6-23(4)33-31(37)24(5)34(20-25-14-16-27(32)17-15-25)30(36)21-35(29-11-9-8-10-26(29)7-2)40(38,39)28-18-12-22(3)13-19-28/h8-19,23-24H,6-7,20-21H2,1-5H3,(H,33,37)/t23-,24-/m1/s1. The molecule has 0 aliphatic heterocycles. The minimum atomic E-state index is -4.10. The number of aryl methyl sites for hydroxylation is 2. The summed E-state index contributed by atoms with van der Waals surface area (Å²) in [6.07, 6.45) is 1.33. The number of hydrogen-bond acceptors (Lipinski definition) is 4. The van der Waals surface area contributed by atoms with Crippen molar-refractivity contribution in [1.82, 2.24) is 10.2 Å². The van der Waals surface area contributed by atoms with E-state index in [-0.39, 0.29) is 23.4 Å². The highest BCUT2D eigenvalue weighted by Crippen LogP contribution is 2.28. The summed E-state index contributed by atoms with van der Waals surface area (Å²) in [5, 5.41) is 2.95. The van der Waals surface area contributed by atoms with E-state index < -0.39 is 28.5 Å². The Bertz CT molecular complexity index is 1410. The summed E-state index contributed by atoms with van der Waals surface area (Å²) in [7, 11) is -4.10. The van der Waals surface area contributed by atoms with Crippen LogP contribution in [0.15, 0.2) is 82.2 Å². The van der Waals surface area contributed by atoms with Gasteiger partial charge in [-0.1, -0.05) is 77.8 Å². The van der Waals surface area contributed by atoms with Crippen molar-refractivity contribution < 1.29 is 18.0 Å². The Hall–Kier alpha value is -3.17. The SMILES string of the molecule is CCc1ccccc1N(CC(=O)N(Cc1ccc(Br)cc1)[C@H](C)C(=O)N[C@H](C)CC)S(=O)(=O)c1ccc(C)cc1. The Morgan fingerprint density at radius 2 is 1.55 bits per heavy atom. The van der Waals surface area contributed by atoms with Gasteiger partial charge < -0.3 is 10.2 Å². The van der Waals surface area contributed by atoms with Crippen LogP contribution >= 0.6 is 15.9 Å². The predicted molar refractivity (Wildman–Crippen MR) is 164 cm³/mol. The number of nitrogens with one attached hydrogen (secondary N) is 1. The van der Waals surface area contributed by atoms with Crippen LogP contribution in [0.1, 0.15) is 50.8 Å². The van der Waals surface area contributed by atoms with Gasteiger partial charge in [-0.3, -0.25) is 13.9 Å². The van der Waals surface area contributed by atoms with E-state index in [1.807, 2.05) is 64.1 Å². The van der Waals surface area contributed by atoms with Gasteiger partial charge >= 0.3 is 0 Å². The van der Waals surface area contributed by atoms with E-state index in [0.29, 0.717) is 12.1 Å². The van der Waals surface area contributed by atoms with E-state index in [0.717, 1.165) is 27.6 Å². The number of halogens is 1. The fourth-order valence-corrected chi connectivity index (χ4v) is 5.95. The molecule has 0 aliphatic rings. The number of carbonyl (C=O) groups excluding carboxylic acids is 2. The van der Waals surface area contributed by atoms with Crippen LogP contribution in [0.5, 0.6) is 0 Å². The molecule has 0 saturated heterocycles. The van der Waals surface area contributed by atoms with Gasteiger partial charge in [-0.2, -0.15) is 0 Å². The van der Waals surface area contributed by atoms with Crippen LogP contribution in [0.4, 0.5) is 5.69 Å². The summed E-state index contributed by atoms with van der Waals surface area (Å²) in [6.45, 7) is 9.07. The van der Waals surface area contributed by atoms with Gasteiger partial charge in [-0.25, -0.2) is 8.42 Å². The van der Waals surface area contributed by atoms with Crippen molar-refractivity contribution in [3.8, 4) is 0 Å². The number of benzene rings is 3. The van der Waals surface area contributed by atoms with Crippen molar-refractivity contribution >= 4 is 43.5 Å². The number of anilines is 1. The minimum Gasteiger partial charge on any atom is -0.352 e. The highest BCUT2D eigenvalue weighted by Gasteiger charge is 2.33. The molecule has 1 N–H and O–H groups in total. The third-order valence-corrected chi connectivity index (χ3v) is 9.27. The molecule has 2 atom stereocenters. The summed E-state index contributed by atoms with van der Waals surface area (Å²) in [6, 6.07) is 20.4. The van der Waals surface area contributed by atoms with E-state index in [1.165, 1.54) is 9.21 Å². The van der Waals surface area contributed by atoms with Crippen LogP contribution in [-0.2, 0) is 32.6 Å². The highest BCUT2D eigenvalue weighted by molar-refractivity contribution is 9.10. The van der Waals surface area contributed by atoms with Crippen molar-refractivity contribution in [2.24, 2.45) is 0 Å². The molecule has 7 nitrogen and oxygen atoms in total. The Morgan fingerprint density at radius 1 is 0.925 bits per heavy atom.